The summed E-state index contributed by atoms with van der Waals surface area (Å²) < 4.78 is 0. The molecule has 56 valence electrons. The van der Waals surface area contributed by atoms with Gasteiger partial charge in [-0.25, -0.2) is 4.79 Å². The first-order chi connectivity index (χ1) is 4.74. The van der Waals surface area contributed by atoms with Gasteiger partial charge in [0.15, 0.2) is 0 Å². The normalized spacial score (nSPS) is 13.4. The van der Waals surface area contributed by atoms with Crippen LogP contribution >= 0.6 is 0 Å². The molecule has 1 aromatic rings. The molecule has 0 fully saturated rings. The SMILES string of the molecule is NC(CO)c1c[nH]c(=O)[nH]1. The summed E-state index contributed by atoms with van der Waals surface area (Å²) in [7, 11) is 0. The Kier molecular flexibility index (Phi) is 1.88. The first-order valence-electron chi connectivity index (χ1n) is 2.88. The molecular formula is C5H9N3O2. The van der Waals surface area contributed by atoms with Crippen molar-refractivity contribution in [2.75, 3.05) is 6.61 Å². The lowest BCUT2D eigenvalue weighted by atomic mass is 10.3. The van der Waals surface area contributed by atoms with E-state index in [0.717, 1.165) is 0 Å². The zero-order chi connectivity index (χ0) is 7.56. The molecule has 0 amide bonds. The molecule has 0 aliphatic rings. The number of aliphatic hydroxyl groups excluding tert-OH is 1. The fourth-order valence-electron chi connectivity index (χ4n) is 0.645. The van der Waals surface area contributed by atoms with E-state index in [1.54, 1.807) is 0 Å². The van der Waals surface area contributed by atoms with Crippen molar-refractivity contribution in [2.24, 2.45) is 5.73 Å². The second-order valence-corrected chi connectivity index (χ2v) is 1.99. The van der Waals surface area contributed by atoms with Crippen LogP contribution in [0, 0.1) is 0 Å². The Balaban J connectivity index is 2.84. The van der Waals surface area contributed by atoms with Gasteiger partial charge in [-0.1, -0.05) is 0 Å². The van der Waals surface area contributed by atoms with Gasteiger partial charge in [-0.05, 0) is 0 Å². The number of hydrogen-bond acceptors (Lipinski definition) is 3. The average molecular weight is 143 g/mol. The third kappa shape index (κ3) is 1.26. The minimum Gasteiger partial charge on any atom is -0.394 e. The molecular weight excluding hydrogens is 134 g/mol. The lowest BCUT2D eigenvalue weighted by Crippen LogP contribution is -2.15. The molecule has 1 heterocycles. The van der Waals surface area contributed by atoms with Crippen LogP contribution < -0.4 is 11.4 Å². The zero-order valence-corrected chi connectivity index (χ0v) is 5.29. The summed E-state index contributed by atoms with van der Waals surface area (Å²) in [6.07, 6.45) is 1.45. The summed E-state index contributed by atoms with van der Waals surface area (Å²) in [5.74, 6) is 0. The summed E-state index contributed by atoms with van der Waals surface area (Å²) in [6.45, 7) is -0.173. The van der Waals surface area contributed by atoms with E-state index in [9.17, 15) is 4.79 Å². The van der Waals surface area contributed by atoms with Crippen LogP contribution in [0.15, 0.2) is 11.0 Å². The van der Waals surface area contributed by atoms with Crippen molar-refractivity contribution in [2.45, 2.75) is 6.04 Å². The van der Waals surface area contributed by atoms with Gasteiger partial charge in [0.1, 0.15) is 0 Å². The molecule has 5 N–H and O–H groups in total. The monoisotopic (exact) mass is 143 g/mol. The summed E-state index contributed by atoms with van der Waals surface area (Å²) in [5, 5.41) is 8.54. The lowest BCUT2D eigenvalue weighted by Gasteiger charge is -2.01. The van der Waals surface area contributed by atoms with Crippen LogP contribution in [0.3, 0.4) is 0 Å². The molecule has 0 saturated carbocycles. The van der Waals surface area contributed by atoms with E-state index in [1.807, 2.05) is 0 Å². The number of aromatic nitrogens is 2. The summed E-state index contributed by atoms with van der Waals surface area (Å²) >= 11 is 0. The molecule has 0 spiro atoms. The maximum atomic E-state index is 10.5. The molecule has 0 aromatic carbocycles. The highest BCUT2D eigenvalue weighted by Gasteiger charge is 2.04. The molecule has 0 bridgehead atoms. The molecule has 0 aliphatic heterocycles. The number of hydrogen-bond donors (Lipinski definition) is 4. The molecule has 0 aliphatic carbocycles. The third-order valence-electron chi connectivity index (χ3n) is 1.21. The fourth-order valence-corrected chi connectivity index (χ4v) is 0.645. The average Bonchev–Trinajstić information content (AvgIpc) is 2.34. The Morgan fingerprint density at radius 3 is 2.90 bits per heavy atom. The van der Waals surface area contributed by atoms with Crippen LogP contribution in [0.1, 0.15) is 11.7 Å². The van der Waals surface area contributed by atoms with E-state index in [-0.39, 0.29) is 12.3 Å². The van der Waals surface area contributed by atoms with E-state index < -0.39 is 6.04 Å². The quantitative estimate of drug-likeness (QED) is 0.414. The molecule has 5 nitrogen and oxygen atoms in total. The Morgan fingerprint density at radius 1 is 1.80 bits per heavy atom. The number of nitrogens with two attached hydrogens (primary N) is 1. The van der Waals surface area contributed by atoms with Crippen molar-refractivity contribution >= 4 is 0 Å². The molecule has 1 unspecified atom stereocenters. The van der Waals surface area contributed by atoms with Gasteiger partial charge in [-0.2, -0.15) is 0 Å². The predicted molar refractivity (Wildman–Crippen MR) is 35.4 cm³/mol. The molecule has 10 heavy (non-hydrogen) atoms. The van der Waals surface area contributed by atoms with Crippen LogP contribution in [-0.2, 0) is 0 Å². The molecule has 1 aromatic heterocycles. The van der Waals surface area contributed by atoms with Gasteiger partial charge in [0.05, 0.1) is 18.3 Å². The van der Waals surface area contributed by atoms with E-state index in [1.165, 1.54) is 6.20 Å². The number of H-pyrrole nitrogens is 2. The van der Waals surface area contributed by atoms with E-state index >= 15 is 0 Å². The predicted octanol–water partition coefficient (Wildman–Crippen LogP) is -1.30. The Morgan fingerprint density at radius 2 is 2.50 bits per heavy atom. The molecule has 1 rings (SSSR count). The second kappa shape index (κ2) is 2.68. The van der Waals surface area contributed by atoms with Crippen molar-refractivity contribution in [3.63, 3.8) is 0 Å². The summed E-state index contributed by atoms with van der Waals surface area (Å²) in [4.78, 5) is 15.3. The maximum absolute atomic E-state index is 10.5. The molecule has 0 radical (unpaired) electrons. The smallest absolute Gasteiger partial charge is 0.323 e. The van der Waals surface area contributed by atoms with Crippen molar-refractivity contribution in [1.29, 1.82) is 0 Å². The van der Waals surface area contributed by atoms with Crippen molar-refractivity contribution in [3.8, 4) is 0 Å². The largest absolute Gasteiger partial charge is 0.394 e. The molecule has 1 atom stereocenters. The first-order valence-corrected chi connectivity index (χ1v) is 2.88. The number of aliphatic hydroxyl groups is 1. The fraction of sp³-hybridized carbons (Fsp3) is 0.400. The number of aromatic amines is 2. The first kappa shape index (κ1) is 7.04. The Hall–Kier alpha value is -1.07. The molecule has 5 heteroatoms. The highest BCUT2D eigenvalue weighted by molar-refractivity contribution is 5.00. The van der Waals surface area contributed by atoms with Crippen LogP contribution in [0.2, 0.25) is 0 Å². The van der Waals surface area contributed by atoms with Gasteiger partial charge in [-0.3, -0.25) is 0 Å². The zero-order valence-electron chi connectivity index (χ0n) is 5.29. The maximum Gasteiger partial charge on any atom is 0.323 e. The van der Waals surface area contributed by atoms with Crippen LogP contribution in [0.5, 0.6) is 0 Å². The van der Waals surface area contributed by atoms with Gasteiger partial charge in [-0.15, -0.1) is 0 Å². The van der Waals surface area contributed by atoms with Crippen LogP contribution in [-0.4, -0.2) is 21.7 Å². The third-order valence-corrected chi connectivity index (χ3v) is 1.21. The highest BCUT2D eigenvalue weighted by atomic mass is 16.3. The van der Waals surface area contributed by atoms with Crippen molar-refractivity contribution in [1.82, 2.24) is 9.97 Å². The summed E-state index contributed by atoms with van der Waals surface area (Å²) in [5.41, 5.74) is 5.58. The standard InChI is InChI=1S/C5H9N3O2/c6-3(2-9)4-1-7-5(10)8-4/h1,3,9H,2,6H2,(H2,7,8,10). The minimum atomic E-state index is -0.501. The number of nitrogens with one attached hydrogen (secondary N) is 2. The van der Waals surface area contributed by atoms with Crippen molar-refractivity contribution < 1.29 is 5.11 Å². The second-order valence-electron chi connectivity index (χ2n) is 1.99. The van der Waals surface area contributed by atoms with E-state index in [2.05, 4.69) is 9.97 Å². The van der Waals surface area contributed by atoms with Crippen LogP contribution in [0.25, 0.3) is 0 Å². The molecule has 0 saturated heterocycles. The van der Waals surface area contributed by atoms with E-state index in [4.69, 9.17) is 10.8 Å². The van der Waals surface area contributed by atoms with Crippen molar-refractivity contribution in [3.05, 3.63) is 22.4 Å². The number of imidazole rings is 1. The van der Waals surface area contributed by atoms with Gasteiger partial charge in [0, 0.05) is 6.20 Å². The van der Waals surface area contributed by atoms with Crippen LogP contribution in [0.4, 0.5) is 0 Å². The lowest BCUT2D eigenvalue weighted by molar-refractivity contribution is 0.266. The van der Waals surface area contributed by atoms with E-state index in [0.29, 0.717) is 5.69 Å². The van der Waals surface area contributed by atoms with Gasteiger partial charge < -0.3 is 20.8 Å². The van der Waals surface area contributed by atoms with Gasteiger partial charge in [0.2, 0.25) is 0 Å². The Labute approximate surface area is 56.9 Å². The topological polar surface area (TPSA) is 94.9 Å². The minimum absolute atomic E-state index is 0.173. The van der Waals surface area contributed by atoms with Gasteiger partial charge in [0.25, 0.3) is 0 Å². The summed E-state index contributed by atoms with van der Waals surface area (Å²) in [6, 6.07) is -0.501. The highest BCUT2D eigenvalue weighted by Crippen LogP contribution is 1.99. The number of rotatable bonds is 2. The Bertz CT molecular complexity index is 251. The van der Waals surface area contributed by atoms with Gasteiger partial charge >= 0.3 is 5.69 Å².